The number of likely N-dealkylation sites (N-methyl/N-ethyl adjacent to an activating group) is 1. The van der Waals surface area contributed by atoms with Crippen molar-refractivity contribution in [3.8, 4) is 0 Å². The standard InChI is InChI=1S/C11H19NOS/c1-9(12(3)8-10(2)13)7-11-5-4-6-14-11/h4-6,9-10,13H,7-8H2,1-3H3/t9?,10-/m0/s1. The van der Waals surface area contributed by atoms with Crippen LogP contribution in [0.15, 0.2) is 17.5 Å². The second-order valence-corrected chi connectivity index (χ2v) is 4.95. The molecule has 0 amide bonds. The summed E-state index contributed by atoms with van der Waals surface area (Å²) in [4.78, 5) is 3.61. The molecule has 1 heterocycles. The van der Waals surface area contributed by atoms with Crippen molar-refractivity contribution in [1.82, 2.24) is 4.90 Å². The summed E-state index contributed by atoms with van der Waals surface area (Å²) in [5.74, 6) is 0. The van der Waals surface area contributed by atoms with Gasteiger partial charge < -0.3 is 10.0 Å². The lowest BCUT2D eigenvalue weighted by molar-refractivity contribution is 0.121. The van der Waals surface area contributed by atoms with E-state index < -0.39 is 0 Å². The van der Waals surface area contributed by atoms with Crippen LogP contribution in [-0.4, -0.2) is 35.7 Å². The summed E-state index contributed by atoms with van der Waals surface area (Å²) in [6.07, 6.45) is 0.826. The second kappa shape index (κ2) is 5.49. The first-order chi connectivity index (χ1) is 6.59. The monoisotopic (exact) mass is 213 g/mol. The zero-order valence-corrected chi connectivity index (χ0v) is 9.92. The quantitative estimate of drug-likeness (QED) is 0.808. The topological polar surface area (TPSA) is 23.5 Å². The van der Waals surface area contributed by atoms with Crippen molar-refractivity contribution in [1.29, 1.82) is 0 Å². The molecule has 2 atom stereocenters. The summed E-state index contributed by atoms with van der Waals surface area (Å²) in [5, 5.41) is 11.4. The van der Waals surface area contributed by atoms with Gasteiger partial charge in [-0.2, -0.15) is 0 Å². The van der Waals surface area contributed by atoms with E-state index in [1.807, 2.05) is 6.92 Å². The van der Waals surface area contributed by atoms with Gasteiger partial charge in [-0.15, -0.1) is 11.3 Å². The number of nitrogens with zero attached hydrogens (tertiary/aromatic N) is 1. The van der Waals surface area contributed by atoms with E-state index in [1.54, 1.807) is 11.3 Å². The molecular formula is C11H19NOS. The van der Waals surface area contributed by atoms with Crippen LogP contribution >= 0.6 is 11.3 Å². The minimum absolute atomic E-state index is 0.245. The molecule has 1 rings (SSSR count). The van der Waals surface area contributed by atoms with E-state index in [1.165, 1.54) is 4.88 Å². The molecule has 0 spiro atoms. The fourth-order valence-corrected chi connectivity index (χ4v) is 2.30. The third kappa shape index (κ3) is 3.78. The van der Waals surface area contributed by atoms with Gasteiger partial charge in [-0.1, -0.05) is 6.07 Å². The highest BCUT2D eigenvalue weighted by molar-refractivity contribution is 7.09. The SMILES string of the molecule is CC(Cc1cccs1)N(C)C[C@H](C)O. The van der Waals surface area contributed by atoms with E-state index in [-0.39, 0.29) is 6.10 Å². The highest BCUT2D eigenvalue weighted by Gasteiger charge is 2.11. The minimum Gasteiger partial charge on any atom is -0.392 e. The highest BCUT2D eigenvalue weighted by Crippen LogP contribution is 2.13. The minimum atomic E-state index is -0.245. The third-order valence-corrected chi connectivity index (χ3v) is 3.28. The van der Waals surface area contributed by atoms with Crippen LogP contribution in [0.3, 0.4) is 0 Å². The molecular weight excluding hydrogens is 194 g/mol. The average molecular weight is 213 g/mol. The zero-order chi connectivity index (χ0) is 10.6. The lowest BCUT2D eigenvalue weighted by Crippen LogP contribution is -2.35. The van der Waals surface area contributed by atoms with Gasteiger partial charge in [0.1, 0.15) is 0 Å². The molecule has 0 bridgehead atoms. The van der Waals surface area contributed by atoms with E-state index in [2.05, 4.69) is 36.4 Å². The Bertz CT molecular complexity index is 246. The van der Waals surface area contributed by atoms with E-state index in [4.69, 9.17) is 0 Å². The number of hydrogen-bond donors (Lipinski definition) is 1. The normalized spacial score (nSPS) is 15.8. The number of aliphatic hydroxyl groups is 1. The largest absolute Gasteiger partial charge is 0.392 e. The smallest absolute Gasteiger partial charge is 0.0639 e. The van der Waals surface area contributed by atoms with Gasteiger partial charge in [0.05, 0.1) is 6.10 Å². The Balaban J connectivity index is 2.37. The fourth-order valence-electron chi connectivity index (χ4n) is 1.47. The van der Waals surface area contributed by atoms with Gasteiger partial charge in [-0.05, 0) is 38.8 Å². The molecule has 1 N–H and O–H groups in total. The molecule has 0 aliphatic rings. The van der Waals surface area contributed by atoms with Gasteiger partial charge in [0.25, 0.3) is 0 Å². The van der Waals surface area contributed by atoms with E-state index >= 15 is 0 Å². The van der Waals surface area contributed by atoms with Gasteiger partial charge in [0.15, 0.2) is 0 Å². The molecule has 1 unspecified atom stereocenters. The summed E-state index contributed by atoms with van der Waals surface area (Å²) in [6, 6.07) is 4.74. The van der Waals surface area contributed by atoms with E-state index in [9.17, 15) is 5.11 Å². The number of hydrogen-bond acceptors (Lipinski definition) is 3. The predicted molar refractivity (Wildman–Crippen MR) is 61.8 cm³/mol. The Morgan fingerprint density at radius 1 is 1.50 bits per heavy atom. The molecule has 2 nitrogen and oxygen atoms in total. The van der Waals surface area contributed by atoms with Crippen LogP contribution in [0.2, 0.25) is 0 Å². The zero-order valence-electron chi connectivity index (χ0n) is 9.10. The fraction of sp³-hybridized carbons (Fsp3) is 0.636. The molecule has 0 radical (unpaired) electrons. The first-order valence-corrected chi connectivity index (χ1v) is 5.88. The predicted octanol–water partition coefficient (Wildman–Crippen LogP) is 1.99. The van der Waals surface area contributed by atoms with Crippen molar-refractivity contribution in [2.24, 2.45) is 0 Å². The lowest BCUT2D eigenvalue weighted by Gasteiger charge is -2.25. The molecule has 0 aliphatic heterocycles. The van der Waals surface area contributed by atoms with Crippen molar-refractivity contribution < 1.29 is 5.11 Å². The molecule has 1 aromatic rings. The van der Waals surface area contributed by atoms with Crippen molar-refractivity contribution >= 4 is 11.3 Å². The van der Waals surface area contributed by atoms with Crippen LogP contribution in [0.5, 0.6) is 0 Å². The summed E-state index contributed by atoms with van der Waals surface area (Å²) in [7, 11) is 2.06. The molecule has 0 aliphatic carbocycles. The van der Waals surface area contributed by atoms with E-state index in [0.717, 1.165) is 13.0 Å². The number of thiophene rings is 1. The van der Waals surface area contributed by atoms with Gasteiger partial charge in [-0.3, -0.25) is 0 Å². The Labute approximate surface area is 90.2 Å². The lowest BCUT2D eigenvalue weighted by atomic mass is 10.2. The maximum absolute atomic E-state index is 9.26. The van der Waals surface area contributed by atoms with Crippen LogP contribution in [0.1, 0.15) is 18.7 Å². The molecule has 3 heteroatoms. The molecule has 0 fully saturated rings. The average Bonchev–Trinajstić information content (AvgIpc) is 2.55. The molecule has 0 aromatic carbocycles. The Morgan fingerprint density at radius 3 is 2.71 bits per heavy atom. The van der Waals surface area contributed by atoms with Crippen LogP contribution in [-0.2, 0) is 6.42 Å². The van der Waals surface area contributed by atoms with Gasteiger partial charge in [0, 0.05) is 17.5 Å². The summed E-state index contributed by atoms with van der Waals surface area (Å²) >= 11 is 1.80. The number of aliphatic hydroxyl groups excluding tert-OH is 1. The van der Waals surface area contributed by atoms with Crippen molar-refractivity contribution in [3.05, 3.63) is 22.4 Å². The molecule has 14 heavy (non-hydrogen) atoms. The Hall–Kier alpha value is -0.380. The first kappa shape index (κ1) is 11.7. The highest BCUT2D eigenvalue weighted by atomic mass is 32.1. The molecule has 1 aromatic heterocycles. The van der Waals surface area contributed by atoms with Crippen molar-refractivity contribution in [2.45, 2.75) is 32.4 Å². The molecule has 0 saturated carbocycles. The summed E-state index contributed by atoms with van der Waals surface area (Å²) in [6.45, 7) is 4.77. The van der Waals surface area contributed by atoms with Crippen LogP contribution < -0.4 is 0 Å². The van der Waals surface area contributed by atoms with Crippen LogP contribution in [0.4, 0.5) is 0 Å². The summed E-state index contributed by atoms with van der Waals surface area (Å²) in [5.41, 5.74) is 0. The van der Waals surface area contributed by atoms with E-state index in [0.29, 0.717) is 6.04 Å². The number of rotatable bonds is 5. The van der Waals surface area contributed by atoms with Gasteiger partial charge in [-0.25, -0.2) is 0 Å². The second-order valence-electron chi connectivity index (χ2n) is 3.92. The molecule has 80 valence electrons. The van der Waals surface area contributed by atoms with Crippen LogP contribution in [0, 0.1) is 0 Å². The van der Waals surface area contributed by atoms with Crippen LogP contribution in [0.25, 0.3) is 0 Å². The Morgan fingerprint density at radius 2 is 2.21 bits per heavy atom. The Kier molecular flexibility index (Phi) is 4.58. The van der Waals surface area contributed by atoms with Crippen molar-refractivity contribution in [2.75, 3.05) is 13.6 Å². The first-order valence-electron chi connectivity index (χ1n) is 5.00. The molecule has 0 saturated heterocycles. The van der Waals surface area contributed by atoms with Gasteiger partial charge in [0.2, 0.25) is 0 Å². The maximum atomic E-state index is 9.26. The van der Waals surface area contributed by atoms with Gasteiger partial charge >= 0.3 is 0 Å². The summed E-state index contributed by atoms with van der Waals surface area (Å²) < 4.78 is 0. The van der Waals surface area contributed by atoms with Crippen molar-refractivity contribution in [3.63, 3.8) is 0 Å². The third-order valence-electron chi connectivity index (χ3n) is 2.38. The maximum Gasteiger partial charge on any atom is 0.0639 e.